The van der Waals surface area contributed by atoms with Crippen LogP contribution in [0.1, 0.15) is 12.0 Å². The third kappa shape index (κ3) is 4.20. The fourth-order valence-electron chi connectivity index (χ4n) is 2.70. The van der Waals surface area contributed by atoms with Crippen LogP contribution in [0.3, 0.4) is 0 Å². The summed E-state index contributed by atoms with van der Waals surface area (Å²) in [6.07, 6.45) is 6.67. The molecule has 0 unspecified atom stereocenters. The Balaban J connectivity index is 0.00000144. The van der Waals surface area contributed by atoms with Crippen LogP contribution in [0.2, 0.25) is 0 Å². The molecule has 6 nitrogen and oxygen atoms in total. The van der Waals surface area contributed by atoms with Crippen molar-refractivity contribution < 1.29 is 0 Å². The number of benzene rings is 1. The Morgan fingerprint density at radius 2 is 1.88 bits per heavy atom. The van der Waals surface area contributed by atoms with Gasteiger partial charge in [0.1, 0.15) is 0 Å². The molecule has 0 fully saturated rings. The quantitative estimate of drug-likeness (QED) is 0.675. The van der Waals surface area contributed by atoms with Crippen molar-refractivity contribution in [1.82, 2.24) is 24.0 Å². The SMILES string of the molecule is Cl.Cl.Cn1c(=O)n(C)c2cc(CNCCCn3ccnc3)ccc21. The van der Waals surface area contributed by atoms with E-state index in [1.165, 1.54) is 5.56 Å². The summed E-state index contributed by atoms with van der Waals surface area (Å²) in [6.45, 7) is 2.73. The van der Waals surface area contributed by atoms with Gasteiger partial charge in [0.2, 0.25) is 0 Å². The highest BCUT2D eigenvalue weighted by atomic mass is 35.5. The van der Waals surface area contributed by atoms with E-state index in [9.17, 15) is 4.79 Å². The highest BCUT2D eigenvalue weighted by Gasteiger charge is 2.07. The summed E-state index contributed by atoms with van der Waals surface area (Å²) in [7, 11) is 3.62. The second-order valence-electron chi connectivity index (χ2n) is 5.55. The van der Waals surface area contributed by atoms with Gasteiger partial charge in [-0.2, -0.15) is 0 Å². The molecule has 0 saturated carbocycles. The number of nitrogens with one attached hydrogen (secondary N) is 1. The van der Waals surface area contributed by atoms with Gasteiger partial charge in [0.25, 0.3) is 0 Å². The summed E-state index contributed by atoms with van der Waals surface area (Å²) in [5.41, 5.74) is 3.15. The predicted molar refractivity (Wildman–Crippen MR) is 101 cm³/mol. The minimum absolute atomic E-state index is 0. The molecule has 0 bridgehead atoms. The van der Waals surface area contributed by atoms with Crippen molar-refractivity contribution in [1.29, 1.82) is 0 Å². The second-order valence-corrected chi connectivity index (χ2v) is 5.55. The third-order valence-electron chi connectivity index (χ3n) is 3.99. The van der Waals surface area contributed by atoms with Crippen LogP contribution >= 0.6 is 24.8 Å². The van der Waals surface area contributed by atoms with Crippen molar-refractivity contribution in [3.05, 3.63) is 53.0 Å². The number of rotatable bonds is 6. The Labute approximate surface area is 153 Å². The molecule has 0 atom stereocenters. The lowest BCUT2D eigenvalue weighted by molar-refractivity contribution is 0.581. The van der Waals surface area contributed by atoms with Gasteiger partial charge in [0.05, 0.1) is 17.4 Å². The topological polar surface area (TPSA) is 56.8 Å². The maximum atomic E-state index is 11.9. The molecule has 1 N–H and O–H groups in total. The summed E-state index contributed by atoms with van der Waals surface area (Å²) >= 11 is 0. The monoisotopic (exact) mass is 371 g/mol. The third-order valence-corrected chi connectivity index (χ3v) is 3.99. The fraction of sp³-hybridized carbons (Fsp3) is 0.375. The van der Waals surface area contributed by atoms with Crippen LogP contribution in [-0.4, -0.2) is 25.2 Å². The maximum Gasteiger partial charge on any atom is 0.328 e. The summed E-state index contributed by atoms with van der Waals surface area (Å²) in [4.78, 5) is 15.9. The van der Waals surface area contributed by atoms with E-state index in [0.717, 1.165) is 37.1 Å². The van der Waals surface area contributed by atoms with Crippen LogP contribution in [-0.2, 0) is 27.2 Å². The van der Waals surface area contributed by atoms with Gasteiger partial charge in [0, 0.05) is 39.6 Å². The molecule has 3 rings (SSSR count). The first-order valence-corrected chi connectivity index (χ1v) is 7.47. The van der Waals surface area contributed by atoms with E-state index in [0.29, 0.717) is 0 Å². The van der Waals surface area contributed by atoms with Gasteiger partial charge in [-0.05, 0) is 30.7 Å². The van der Waals surface area contributed by atoms with Crippen molar-refractivity contribution >= 4 is 35.8 Å². The number of halogens is 2. The van der Waals surface area contributed by atoms with E-state index in [4.69, 9.17) is 0 Å². The normalized spacial score (nSPS) is 10.4. The lowest BCUT2D eigenvalue weighted by atomic mass is 10.2. The number of fused-ring (bicyclic) bond motifs is 1. The molecule has 0 aliphatic heterocycles. The van der Waals surface area contributed by atoms with Gasteiger partial charge in [-0.3, -0.25) is 9.13 Å². The Morgan fingerprint density at radius 1 is 1.12 bits per heavy atom. The zero-order valence-corrected chi connectivity index (χ0v) is 15.4. The Morgan fingerprint density at radius 3 is 2.58 bits per heavy atom. The number of aromatic nitrogens is 4. The highest BCUT2D eigenvalue weighted by molar-refractivity contribution is 5.85. The van der Waals surface area contributed by atoms with E-state index >= 15 is 0 Å². The number of imidazole rings is 2. The predicted octanol–water partition coefficient (Wildman–Crippen LogP) is 2.10. The molecule has 24 heavy (non-hydrogen) atoms. The molecule has 2 aromatic heterocycles. The average Bonchev–Trinajstić information content (AvgIpc) is 3.11. The van der Waals surface area contributed by atoms with Gasteiger partial charge >= 0.3 is 5.69 Å². The molecule has 0 spiro atoms. The zero-order chi connectivity index (χ0) is 15.5. The molecule has 0 radical (unpaired) electrons. The van der Waals surface area contributed by atoms with E-state index < -0.39 is 0 Å². The first-order chi connectivity index (χ1) is 10.7. The Bertz CT molecular complexity index is 823. The maximum absolute atomic E-state index is 11.9. The Kier molecular flexibility index (Phi) is 7.54. The number of hydrogen-bond donors (Lipinski definition) is 1. The highest BCUT2D eigenvalue weighted by Crippen LogP contribution is 2.13. The summed E-state index contributed by atoms with van der Waals surface area (Å²) < 4.78 is 5.45. The minimum Gasteiger partial charge on any atom is -0.337 e. The lowest BCUT2D eigenvalue weighted by Crippen LogP contribution is -2.19. The number of nitrogens with zero attached hydrogens (tertiary/aromatic N) is 4. The van der Waals surface area contributed by atoms with E-state index in [-0.39, 0.29) is 30.5 Å². The van der Waals surface area contributed by atoms with Gasteiger partial charge in [-0.25, -0.2) is 9.78 Å². The van der Waals surface area contributed by atoms with Crippen LogP contribution in [0.25, 0.3) is 11.0 Å². The Hall–Kier alpha value is -1.76. The molecule has 8 heteroatoms. The van der Waals surface area contributed by atoms with Gasteiger partial charge in [0.15, 0.2) is 0 Å². The average molecular weight is 372 g/mol. The van der Waals surface area contributed by atoms with Gasteiger partial charge < -0.3 is 9.88 Å². The lowest BCUT2D eigenvalue weighted by Gasteiger charge is -2.06. The van der Waals surface area contributed by atoms with E-state index in [1.54, 1.807) is 22.4 Å². The van der Waals surface area contributed by atoms with Gasteiger partial charge in [-0.15, -0.1) is 24.8 Å². The molecule has 0 aliphatic rings. The largest absolute Gasteiger partial charge is 0.337 e. The summed E-state index contributed by atoms with van der Waals surface area (Å²) in [5, 5.41) is 3.44. The molecule has 0 saturated heterocycles. The van der Waals surface area contributed by atoms with Crippen LogP contribution in [0.15, 0.2) is 41.7 Å². The fourth-order valence-corrected chi connectivity index (χ4v) is 2.70. The molecule has 132 valence electrons. The van der Waals surface area contributed by atoms with Crippen LogP contribution in [0, 0.1) is 0 Å². The van der Waals surface area contributed by atoms with Crippen LogP contribution < -0.4 is 11.0 Å². The molecule has 0 aliphatic carbocycles. The molecule has 2 heterocycles. The smallest absolute Gasteiger partial charge is 0.328 e. The van der Waals surface area contributed by atoms with Crippen LogP contribution in [0.5, 0.6) is 0 Å². The first-order valence-electron chi connectivity index (χ1n) is 7.47. The number of aryl methyl sites for hydroxylation is 3. The van der Waals surface area contributed by atoms with Crippen molar-refractivity contribution in [3.8, 4) is 0 Å². The minimum atomic E-state index is 0. The van der Waals surface area contributed by atoms with Crippen molar-refractivity contribution in [2.75, 3.05) is 6.54 Å². The summed E-state index contributed by atoms with van der Waals surface area (Å²) in [6, 6.07) is 6.17. The molecular formula is C16H23Cl2N5O. The molecule has 1 aromatic carbocycles. The summed E-state index contributed by atoms with van der Waals surface area (Å²) in [5.74, 6) is 0. The molecule has 3 aromatic rings. The van der Waals surface area contributed by atoms with Crippen LogP contribution in [0.4, 0.5) is 0 Å². The van der Waals surface area contributed by atoms with E-state index in [1.807, 2.05) is 25.6 Å². The standard InChI is InChI=1S/C16H21N5O.2ClH/c1-19-14-5-4-13(10-15(14)20(2)16(19)22)11-17-6-3-8-21-9-7-18-12-21;;/h4-5,7,9-10,12,17H,3,6,8,11H2,1-2H3;2*1H. The van der Waals surface area contributed by atoms with Crippen molar-refractivity contribution in [2.24, 2.45) is 14.1 Å². The first kappa shape index (κ1) is 20.3. The molecule has 0 amide bonds. The van der Waals surface area contributed by atoms with E-state index in [2.05, 4.69) is 27.0 Å². The van der Waals surface area contributed by atoms with Crippen molar-refractivity contribution in [3.63, 3.8) is 0 Å². The molecular weight excluding hydrogens is 349 g/mol. The zero-order valence-electron chi connectivity index (χ0n) is 13.8. The number of hydrogen-bond acceptors (Lipinski definition) is 3. The van der Waals surface area contributed by atoms with Crippen molar-refractivity contribution in [2.45, 2.75) is 19.5 Å². The second kappa shape index (κ2) is 8.92. The van der Waals surface area contributed by atoms with Gasteiger partial charge in [-0.1, -0.05) is 6.07 Å².